The van der Waals surface area contributed by atoms with Crippen LogP contribution in [0.3, 0.4) is 0 Å². The van der Waals surface area contributed by atoms with Crippen molar-refractivity contribution in [2.75, 3.05) is 20.2 Å². The van der Waals surface area contributed by atoms with Crippen molar-refractivity contribution in [1.82, 2.24) is 29.0 Å². The number of ether oxygens (including phenoxy) is 1. The van der Waals surface area contributed by atoms with E-state index >= 15 is 0 Å². The largest absolute Gasteiger partial charge is 0.450 e. The first-order valence-corrected chi connectivity index (χ1v) is 9.71. The molecule has 4 heterocycles. The molecular weight excluding hydrogens is 356 g/mol. The zero-order chi connectivity index (χ0) is 19.5. The quantitative estimate of drug-likeness (QED) is 0.678. The predicted octanol–water partition coefficient (Wildman–Crippen LogP) is 2.53. The van der Waals surface area contributed by atoms with E-state index in [2.05, 4.69) is 27.4 Å². The minimum absolute atomic E-state index is 0.247. The second kappa shape index (κ2) is 8.02. The number of rotatable bonds is 5. The number of aryl methyl sites for hydroxylation is 1. The highest BCUT2D eigenvalue weighted by atomic mass is 16.6. The van der Waals surface area contributed by atoms with Crippen molar-refractivity contribution in [2.24, 2.45) is 0 Å². The minimum Gasteiger partial charge on any atom is -0.450 e. The smallest absolute Gasteiger partial charge is 0.410 e. The Balaban J connectivity index is 1.43. The number of hydrogen-bond acceptors (Lipinski definition) is 5. The van der Waals surface area contributed by atoms with Gasteiger partial charge in [-0.2, -0.15) is 5.10 Å². The number of carbonyl (C=O) groups excluding carboxylic acids is 1. The summed E-state index contributed by atoms with van der Waals surface area (Å²) in [5.74, 6) is 0. The Morgan fingerprint density at radius 3 is 3.04 bits per heavy atom. The molecule has 0 radical (unpaired) electrons. The molecule has 0 spiro atoms. The van der Waals surface area contributed by atoms with Gasteiger partial charge in [-0.15, -0.1) is 0 Å². The normalized spacial score (nSPS) is 14.3. The van der Waals surface area contributed by atoms with Gasteiger partial charge in [0.25, 0.3) is 0 Å². The van der Waals surface area contributed by atoms with Gasteiger partial charge in [0, 0.05) is 32.4 Å². The topological polar surface area (TPSA) is 67.9 Å². The summed E-state index contributed by atoms with van der Waals surface area (Å²) in [7, 11) is 2.08. The highest BCUT2D eigenvalue weighted by Crippen LogP contribution is 2.16. The van der Waals surface area contributed by atoms with Gasteiger partial charge in [-0.1, -0.05) is 6.07 Å². The lowest BCUT2D eigenvalue weighted by Crippen LogP contribution is -2.31. The van der Waals surface area contributed by atoms with Crippen LogP contribution in [-0.2, 0) is 30.9 Å². The molecule has 0 aliphatic carbocycles. The molecule has 0 atom stereocenters. The lowest BCUT2D eigenvalue weighted by Gasteiger charge is -2.18. The number of nitrogens with zero attached hydrogens (tertiary/aromatic N) is 6. The number of pyridine rings is 1. The third-order valence-electron chi connectivity index (χ3n) is 4.95. The van der Waals surface area contributed by atoms with Crippen molar-refractivity contribution in [3.05, 3.63) is 53.7 Å². The monoisotopic (exact) mass is 382 g/mol. The van der Waals surface area contributed by atoms with Crippen LogP contribution in [0.2, 0.25) is 0 Å². The number of imidazole rings is 1. The van der Waals surface area contributed by atoms with Crippen molar-refractivity contribution in [1.29, 1.82) is 0 Å². The molecule has 3 aromatic heterocycles. The van der Waals surface area contributed by atoms with E-state index in [1.807, 2.05) is 42.2 Å². The van der Waals surface area contributed by atoms with Gasteiger partial charge in [0.1, 0.15) is 5.65 Å². The molecule has 148 valence electrons. The fourth-order valence-corrected chi connectivity index (χ4v) is 3.68. The van der Waals surface area contributed by atoms with E-state index in [1.54, 1.807) is 4.90 Å². The maximum absolute atomic E-state index is 12.1. The first-order chi connectivity index (χ1) is 13.6. The maximum atomic E-state index is 12.1. The summed E-state index contributed by atoms with van der Waals surface area (Å²) in [5, 5.41) is 4.76. The van der Waals surface area contributed by atoms with Crippen LogP contribution in [0, 0.1) is 0 Å². The van der Waals surface area contributed by atoms with Crippen molar-refractivity contribution < 1.29 is 9.53 Å². The second-order valence-corrected chi connectivity index (χ2v) is 7.17. The Kier molecular flexibility index (Phi) is 5.29. The number of fused-ring (bicyclic) bond motifs is 2. The van der Waals surface area contributed by atoms with Crippen LogP contribution >= 0.6 is 0 Å². The minimum atomic E-state index is -0.247. The molecule has 8 heteroatoms. The highest BCUT2D eigenvalue weighted by Gasteiger charge is 2.21. The molecule has 0 N–H and O–H groups in total. The first kappa shape index (κ1) is 18.5. The maximum Gasteiger partial charge on any atom is 0.410 e. The molecule has 4 rings (SSSR count). The van der Waals surface area contributed by atoms with Crippen molar-refractivity contribution in [2.45, 2.75) is 39.5 Å². The number of amides is 1. The molecule has 0 unspecified atom stereocenters. The number of hydrogen-bond donors (Lipinski definition) is 0. The molecule has 0 fully saturated rings. The van der Waals surface area contributed by atoms with Gasteiger partial charge >= 0.3 is 6.09 Å². The van der Waals surface area contributed by atoms with Crippen molar-refractivity contribution in [3.8, 4) is 0 Å². The molecular formula is C20H26N6O2. The van der Waals surface area contributed by atoms with Crippen LogP contribution in [-0.4, -0.2) is 55.3 Å². The van der Waals surface area contributed by atoms with E-state index in [0.29, 0.717) is 19.7 Å². The van der Waals surface area contributed by atoms with Gasteiger partial charge in [0.2, 0.25) is 0 Å². The van der Waals surface area contributed by atoms with Gasteiger partial charge < -0.3 is 14.0 Å². The number of aromatic nitrogens is 4. The zero-order valence-electron chi connectivity index (χ0n) is 16.4. The zero-order valence-corrected chi connectivity index (χ0v) is 16.4. The van der Waals surface area contributed by atoms with Crippen LogP contribution in [0.25, 0.3) is 5.65 Å². The van der Waals surface area contributed by atoms with Crippen LogP contribution < -0.4 is 0 Å². The van der Waals surface area contributed by atoms with Crippen molar-refractivity contribution in [3.63, 3.8) is 0 Å². The van der Waals surface area contributed by atoms with Crippen molar-refractivity contribution >= 4 is 11.7 Å². The average Bonchev–Trinajstić information content (AvgIpc) is 3.19. The third-order valence-corrected chi connectivity index (χ3v) is 4.95. The van der Waals surface area contributed by atoms with Crippen LogP contribution in [0.1, 0.15) is 30.4 Å². The standard InChI is InChI=1S/C20H26N6O2/c1-3-28-20(27)24-8-6-10-26-17(15-24)11-16(22-26)13-23(2)14-18-12-21-19-7-4-5-9-25(18)19/h4-5,7,9,11-12H,3,6,8,10,13-15H2,1-2H3. The Morgan fingerprint density at radius 2 is 2.18 bits per heavy atom. The lowest BCUT2D eigenvalue weighted by atomic mass is 10.3. The van der Waals surface area contributed by atoms with Gasteiger partial charge in [0.05, 0.1) is 36.4 Å². The van der Waals surface area contributed by atoms with Gasteiger partial charge in [0.15, 0.2) is 0 Å². The SMILES string of the molecule is CCOC(=O)N1CCCn2nc(CN(C)Cc3cnc4ccccn34)cc2C1. The molecule has 0 bridgehead atoms. The van der Waals surface area contributed by atoms with E-state index < -0.39 is 0 Å². The predicted molar refractivity (Wildman–Crippen MR) is 105 cm³/mol. The highest BCUT2D eigenvalue weighted by molar-refractivity contribution is 5.67. The van der Waals surface area contributed by atoms with E-state index in [9.17, 15) is 4.79 Å². The summed E-state index contributed by atoms with van der Waals surface area (Å²) in [4.78, 5) is 20.5. The van der Waals surface area contributed by atoms with Crippen LogP contribution in [0.15, 0.2) is 36.7 Å². The summed E-state index contributed by atoms with van der Waals surface area (Å²) in [5.41, 5.74) is 4.17. The Labute approximate surface area is 164 Å². The Bertz CT molecular complexity index is 963. The van der Waals surface area contributed by atoms with E-state index in [1.165, 1.54) is 0 Å². The molecule has 1 aliphatic rings. The van der Waals surface area contributed by atoms with E-state index in [-0.39, 0.29) is 6.09 Å². The van der Waals surface area contributed by atoms with E-state index in [0.717, 1.165) is 48.8 Å². The Morgan fingerprint density at radius 1 is 1.29 bits per heavy atom. The molecule has 0 aromatic carbocycles. The molecule has 28 heavy (non-hydrogen) atoms. The second-order valence-electron chi connectivity index (χ2n) is 7.17. The summed E-state index contributed by atoms with van der Waals surface area (Å²) in [6, 6.07) is 8.11. The Hall–Kier alpha value is -2.87. The van der Waals surface area contributed by atoms with Gasteiger partial charge in [-0.3, -0.25) is 9.58 Å². The molecule has 8 nitrogen and oxygen atoms in total. The molecule has 3 aromatic rings. The lowest BCUT2D eigenvalue weighted by molar-refractivity contribution is 0.105. The summed E-state index contributed by atoms with van der Waals surface area (Å²) >= 11 is 0. The summed E-state index contributed by atoms with van der Waals surface area (Å²) in [6.07, 6.45) is 4.59. The van der Waals surface area contributed by atoms with Crippen LogP contribution in [0.5, 0.6) is 0 Å². The molecule has 0 saturated carbocycles. The summed E-state index contributed by atoms with van der Waals surface area (Å²) in [6.45, 7) is 5.81. The summed E-state index contributed by atoms with van der Waals surface area (Å²) < 4.78 is 9.29. The number of carbonyl (C=O) groups is 1. The fourth-order valence-electron chi connectivity index (χ4n) is 3.68. The van der Waals surface area contributed by atoms with E-state index in [4.69, 9.17) is 9.84 Å². The molecule has 0 saturated heterocycles. The van der Waals surface area contributed by atoms with Gasteiger partial charge in [-0.25, -0.2) is 9.78 Å². The van der Waals surface area contributed by atoms with Gasteiger partial charge in [-0.05, 0) is 38.6 Å². The molecule has 1 aliphatic heterocycles. The van der Waals surface area contributed by atoms with Crippen LogP contribution in [0.4, 0.5) is 4.79 Å². The first-order valence-electron chi connectivity index (χ1n) is 9.71. The molecule has 1 amide bonds. The third kappa shape index (κ3) is 3.87. The fraction of sp³-hybridized carbons (Fsp3) is 0.450. The average molecular weight is 382 g/mol.